The number of ether oxygens (including phenoxy) is 1. The van der Waals surface area contributed by atoms with Gasteiger partial charge in [0.05, 0.1) is 16.0 Å². The monoisotopic (exact) mass is 351 g/mol. The van der Waals surface area contributed by atoms with E-state index < -0.39 is 21.9 Å². The van der Waals surface area contributed by atoms with E-state index in [0.717, 1.165) is 31.0 Å². The Hall–Kier alpha value is -0.730. The van der Waals surface area contributed by atoms with E-state index in [1.165, 1.54) is 0 Å². The molecular weight excluding hydrogens is 333 g/mol. The SMILES string of the molecule is O=S(=O)(NCC[C@H](O)C1CCOCC1)c1ccc(F)c(Cl)c1. The molecule has 0 spiro atoms. The quantitative estimate of drug-likeness (QED) is 0.821. The second-order valence-electron chi connectivity index (χ2n) is 5.28. The lowest BCUT2D eigenvalue weighted by atomic mass is 9.92. The number of nitrogens with one attached hydrogen (secondary N) is 1. The summed E-state index contributed by atoms with van der Waals surface area (Å²) >= 11 is 5.59. The highest BCUT2D eigenvalue weighted by atomic mass is 35.5. The molecule has 5 nitrogen and oxygen atoms in total. The number of sulfonamides is 1. The number of aliphatic hydroxyl groups excluding tert-OH is 1. The molecule has 22 heavy (non-hydrogen) atoms. The molecule has 1 fully saturated rings. The van der Waals surface area contributed by atoms with Gasteiger partial charge in [0.2, 0.25) is 10.0 Å². The third-order valence-electron chi connectivity index (χ3n) is 3.74. The van der Waals surface area contributed by atoms with Crippen molar-refractivity contribution < 1.29 is 22.7 Å². The van der Waals surface area contributed by atoms with Gasteiger partial charge in [-0.2, -0.15) is 0 Å². The summed E-state index contributed by atoms with van der Waals surface area (Å²) in [6.45, 7) is 1.36. The average molecular weight is 352 g/mol. The molecule has 0 bridgehead atoms. The minimum atomic E-state index is -3.76. The van der Waals surface area contributed by atoms with Crippen LogP contribution in [0.3, 0.4) is 0 Å². The second kappa shape index (κ2) is 7.70. The van der Waals surface area contributed by atoms with Gasteiger partial charge in [-0.05, 0) is 43.4 Å². The van der Waals surface area contributed by atoms with Gasteiger partial charge < -0.3 is 9.84 Å². The molecule has 1 aliphatic rings. The summed E-state index contributed by atoms with van der Waals surface area (Å²) in [6, 6.07) is 3.22. The number of hydrogen-bond acceptors (Lipinski definition) is 4. The highest BCUT2D eigenvalue weighted by molar-refractivity contribution is 7.89. The van der Waals surface area contributed by atoms with Gasteiger partial charge >= 0.3 is 0 Å². The Morgan fingerprint density at radius 3 is 2.73 bits per heavy atom. The first-order valence-electron chi connectivity index (χ1n) is 7.10. The predicted octanol–water partition coefficient (Wildman–Crippen LogP) is 1.93. The molecule has 1 heterocycles. The molecule has 0 saturated carbocycles. The summed E-state index contributed by atoms with van der Waals surface area (Å²) in [5.41, 5.74) is 0. The van der Waals surface area contributed by atoms with Crippen molar-refractivity contribution in [3.8, 4) is 0 Å². The van der Waals surface area contributed by atoms with Crippen LogP contribution in [0.1, 0.15) is 19.3 Å². The van der Waals surface area contributed by atoms with E-state index in [-0.39, 0.29) is 22.4 Å². The van der Waals surface area contributed by atoms with Crippen molar-refractivity contribution in [3.63, 3.8) is 0 Å². The fraction of sp³-hybridized carbons (Fsp3) is 0.571. The Balaban J connectivity index is 1.88. The fourth-order valence-corrected chi connectivity index (χ4v) is 3.72. The van der Waals surface area contributed by atoms with Crippen LogP contribution in [-0.2, 0) is 14.8 Å². The van der Waals surface area contributed by atoms with Crippen LogP contribution in [0, 0.1) is 11.7 Å². The van der Waals surface area contributed by atoms with E-state index >= 15 is 0 Å². The van der Waals surface area contributed by atoms with Crippen LogP contribution in [0.4, 0.5) is 4.39 Å². The number of rotatable bonds is 6. The molecular formula is C14H19ClFNO4S. The molecule has 1 aromatic carbocycles. The molecule has 1 saturated heterocycles. The van der Waals surface area contributed by atoms with E-state index in [0.29, 0.717) is 19.6 Å². The van der Waals surface area contributed by atoms with Gasteiger partial charge in [0.1, 0.15) is 5.82 Å². The molecule has 1 atom stereocenters. The van der Waals surface area contributed by atoms with Crippen molar-refractivity contribution in [1.29, 1.82) is 0 Å². The van der Waals surface area contributed by atoms with E-state index in [1.807, 2.05) is 0 Å². The van der Waals surface area contributed by atoms with Crippen LogP contribution < -0.4 is 4.72 Å². The van der Waals surface area contributed by atoms with Gasteiger partial charge in [0.25, 0.3) is 0 Å². The van der Waals surface area contributed by atoms with Crippen molar-refractivity contribution >= 4 is 21.6 Å². The summed E-state index contributed by atoms with van der Waals surface area (Å²) in [5.74, 6) is -0.533. The third kappa shape index (κ3) is 4.63. The Morgan fingerprint density at radius 2 is 2.09 bits per heavy atom. The third-order valence-corrected chi connectivity index (χ3v) is 5.49. The zero-order chi connectivity index (χ0) is 16.2. The number of halogens is 2. The topological polar surface area (TPSA) is 75.6 Å². The summed E-state index contributed by atoms with van der Waals surface area (Å²) in [7, 11) is -3.76. The summed E-state index contributed by atoms with van der Waals surface area (Å²) in [6.07, 6.45) is 1.31. The molecule has 1 aliphatic heterocycles. The first kappa shape index (κ1) is 17.6. The minimum absolute atomic E-state index is 0.0977. The van der Waals surface area contributed by atoms with Crippen LogP contribution in [0.2, 0.25) is 5.02 Å². The molecule has 0 amide bonds. The lowest BCUT2D eigenvalue weighted by Crippen LogP contribution is -2.32. The fourth-order valence-electron chi connectivity index (χ4n) is 2.40. The molecule has 1 aromatic rings. The molecule has 124 valence electrons. The molecule has 0 unspecified atom stereocenters. The second-order valence-corrected chi connectivity index (χ2v) is 7.45. The lowest BCUT2D eigenvalue weighted by molar-refractivity contribution is 0.00567. The smallest absolute Gasteiger partial charge is 0.240 e. The zero-order valence-electron chi connectivity index (χ0n) is 12.0. The Morgan fingerprint density at radius 1 is 1.41 bits per heavy atom. The van der Waals surface area contributed by atoms with Gasteiger partial charge in [0.15, 0.2) is 0 Å². The maximum atomic E-state index is 13.1. The zero-order valence-corrected chi connectivity index (χ0v) is 13.5. The normalized spacial score (nSPS) is 18.3. The molecule has 0 radical (unpaired) electrons. The van der Waals surface area contributed by atoms with Crippen molar-refractivity contribution in [2.75, 3.05) is 19.8 Å². The maximum absolute atomic E-state index is 13.1. The highest BCUT2D eigenvalue weighted by Gasteiger charge is 2.23. The summed E-state index contributed by atoms with van der Waals surface area (Å²) in [5, 5.41) is 9.82. The molecule has 2 rings (SSSR count). The van der Waals surface area contributed by atoms with Crippen molar-refractivity contribution in [1.82, 2.24) is 4.72 Å². The summed E-state index contributed by atoms with van der Waals surface area (Å²) in [4.78, 5) is -0.0977. The van der Waals surface area contributed by atoms with E-state index in [9.17, 15) is 17.9 Å². The number of hydrogen-bond donors (Lipinski definition) is 2. The standard InChI is InChI=1S/C14H19ClFNO4S/c15-12-9-11(1-2-13(12)16)22(19,20)17-6-3-14(18)10-4-7-21-8-5-10/h1-2,9-10,14,17-18H,3-8H2/t14-/m0/s1. The van der Waals surface area contributed by atoms with E-state index in [4.69, 9.17) is 16.3 Å². The predicted molar refractivity (Wildman–Crippen MR) is 80.8 cm³/mol. The molecule has 0 aromatic heterocycles. The van der Waals surface area contributed by atoms with Gasteiger partial charge in [0, 0.05) is 19.8 Å². The molecule has 0 aliphatic carbocycles. The number of aliphatic hydroxyl groups is 1. The van der Waals surface area contributed by atoms with Crippen LogP contribution in [0.15, 0.2) is 23.1 Å². The van der Waals surface area contributed by atoms with Crippen molar-refractivity contribution in [3.05, 3.63) is 29.0 Å². The molecule has 2 N–H and O–H groups in total. The number of benzene rings is 1. The van der Waals surface area contributed by atoms with Gasteiger partial charge in [-0.3, -0.25) is 0 Å². The Kier molecular flexibility index (Phi) is 6.17. The van der Waals surface area contributed by atoms with Crippen LogP contribution in [0.25, 0.3) is 0 Å². The minimum Gasteiger partial charge on any atom is -0.393 e. The van der Waals surface area contributed by atoms with Crippen molar-refractivity contribution in [2.45, 2.75) is 30.3 Å². The molecule has 8 heteroatoms. The van der Waals surface area contributed by atoms with Crippen molar-refractivity contribution in [2.24, 2.45) is 5.92 Å². The highest BCUT2D eigenvalue weighted by Crippen LogP contribution is 2.21. The van der Waals surface area contributed by atoms with Gasteiger partial charge in [-0.25, -0.2) is 17.5 Å². The Bertz CT molecular complexity index is 605. The largest absolute Gasteiger partial charge is 0.393 e. The maximum Gasteiger partial charge on any atom is 0.240 e. The van der Waals surface area contributed by atoms with Crippen LogP contribution in [0.5, 0.6) is 0 Å². The van der Waals surface area contributed by atoms with E-state index in [2.05, 4.69) is 4.72 Å². The first-order valence-corrected chi connectivity index (χ1v) is 8.97. The Labute approximate surface area is 134 Å². The lowest BCUT2D eigenvalue weighted by Gasteiger charge is -2.26. The van der Waals surface area contributed by atoms with Crippen LogP contribution in [-0.4, -0.2) is 39.4 Å². The van der Waals surface area contributed by atoms with Gasteiger partial charge in [-0.1, -0.05) is 11.6 Å². The average Bonchev–Trinajstić information content (AvgIpc) is 2.50. The van der Waals surface area contributed by atoms with E-state index in [1.54, 1.807) is 0 Å². The van der Waals surface area contributed by atoms with Crippen LogP contribution >= 0.6 is 11.6 Å². The van der Waals surface area contributed by atoms with Gasteiger partial charge in [-0.15, -0.1) is 0 Å². The summed E-state index contributed by atoms with van der Waals surface area (Å²) < 4.78 is 44.8. The first-order chi connectivity index (χ1) is 10.4.